The number of carbonyl (C=O) groups excluding carboxylic acids is 1. The van der Waals surface area contributed by atoms with Crippen LogP contribution in [-0.2, 0) is 4.79 Å². The molecular weight excluding hydrogens is 232 g/mol. The van der Waals surface area contributed by atoms with Crippen LogP contribution >= 0.6 is 0 Å². The van der Waals surface area contributed by atoms with Gasteiger partial charge in [-0.3, -0.25) is 4.79 Å². The monoisotopic (exact) mass is 256 g/mol. The van der Waals surface area contributed by atoms with E-state index >= 15 is 0 Å². The third-order valence-corrected chi connectivity index (χ3v) is 3.18. The number of carboxylic acid groups (broad SMARTS) is 1. The van der Waals surface area contributed by atoms with Gasteiger partial charge in [0, 0.05) is 18.6 Å². The Morgan fingerprint density at radius 1 is 1.11 bits per heavy atom. The molecule has 2 N–H and O–H groups in total. The Morgan fingerprint density at radius 2 is 1.61 bits per heavy atom. The number of carboxylic acids is 1. The lowest BCUT2D eigenvalue weighted by molar-refractivity contribution is -0.138. The number of nitrogens with zero attached hydrogens (tertiary/aromatic N) is 1. The van der Waals surface area contributed by atoms with Crippen molar-refractivity contribution in [2.24, 2.45) is 0 Å². The van der Waals surface area contributed by atoms with Crippen LogP contribution in [0.4, 0.5) is 4.79 Å². The maximum atomic E-state index is 12.1. The summed E-state index contributed by atoms with van der Waals surface area (Å²) in [5, 5.41) is 11.6. The van der Waals surface area contributed by atoms with Gasteiger partial charge in [-0.25, -0.2) is 4.79 Å². The van der Waals surface area contributed by atoms with Crippen molar-refractivity contribution in [3.8, 4) is 0 Å². The summed E-state index contributed by atoms with van der Waals surface area (Å²) in [5.74, 6) is -0.895. The number of nitrogens with one attached hydrogen (secondary N) is 1. The summed E-state index contributed by atoms with van der Waals surface area (Å²) in [6.07, 6.45) is 5.59. The quantitative estimate of drug-likeness (QED) is 0.813. The first kappa shape index (κ1) is 14.8. The van der Waals surface area contributed by atoms with Crippen molar-refractivity contribution in [1.82, 2.24) is 10.2 Å². The maximum Gasteiger partial charge on any atom is 0.317 e. The topological polar surface area (TPSA) is 69.6 Å². The van der Waals surface area contributed by atoms with Crippen LogP contribution in [0.3, 0.4) is 0 Å². The van der Waals surface area contributed by atoms with Gasteiger partial charge in [0.05, 0.1) is 6.42 Å². The molecule has 5 nitrogen and oxygen atoms in total. The summed E-state index contributed by atoms with van der Waals surface area (Å²) in [5.41, 5.74) is -0.703. The Bertz CT molecular complexity index is 295. The minimum absolute atomic E-state index is 0.0629. The molecule has 0 aliphatic carbocycles. The minimum atomic E-state index is -0.895. The second-order valence-corrected chi connectivity index (χ2v) is 5.64. The highest BCUT2D eigenvalue weighted by Gasteiger charge is 2.26. The number of hydrogen-bond donors (Lipinski definition) is 2. The zero-order chi connectivity index (χ0) is 13.6. The number of likely N-dealkylation sites (tertiary alicyclic amines) is 1. The molecule has 18 heavy (non-hydrogen) atoms. The lowest BCUT2D eigenvalue weighted by Crippen LogP contribution is -2.51. The number of amides is 2. The van der Waals surface area contributed by atoms with Crippen molar-refractivity contribution in [3.63, 3.8) is 0 Å². The van der Waals surface area contributed by atoms with Crippen molar-refractivity contribution in [1.29, 1.82) is 0 Å². The molecule has 2 amide bonds. The predicted molar refractivity (Wildman–Crippen MR) is 69.5 cm³/mol. The molecule has 1 aliphatic heterocycles. The highest BCUT2D eigenvalue weighted by molar-refractivity contribution is 5.76. The largest absolute Gasteiger partial charge is 0.481 e. The van der Waals surface area contributed by atoms with Gasteiger partial charge in [-0.1, -0.05) is 19.3 Å². The van der Waals surface area contributed by atoms with Crippen LogP contribution in [0.2, 0.25) is 0 Å². The molecule has 1 heterocycles. The molecule has 0 bridgehead atoms. The Morgan fingerprint density at radius 3 is 2.11 bits per heavy atom. The van der Waals surface area contributed by atoms with Crippen LogP contribution in [0.5, 0.6) is 0 Å². The molecular formula is C13H24N2O3. The van der Waals surface area contributed by atoms with E-state index < -0.39 is 11.5 Å². The maximum absolute atomic E-state index is 12.1. The van der Waals surface area contributed by atoms with Gasteiger partial charge < -0.3 is 15.3 Å². The van der Waals surface area contributed by atoms with Gasteiger partial charge in [0.1, 0.15) is 0 Å². The fourth-order valence-electron chi connectivity index (χ4n) is 2.24. The first-order chi connectivity index (χ1) is 8.41. The summed E-state index contributed by atoms with van der Waals surface area (Å²) in [6.45, 7) is 5.02. The van der Waals surface area contributed by atoms with E-state index in [1.54, 1.807) is 13.8 Å². The number of rotatable bonds is 3. The fourth-order valence-corrected chi connectivity index (χ4v) is 2.24. The van der Waals surface area contributed by atoms with Crippen LogP contribution in [0.25, 0.3) is 0 Å². The average molecular weight is 256 g/mol. The first-order valence-corrected chi connectivity index (χ1v) is 6.70. The molecule has 1 saturated heterocycles. The molecule has 0 spiro atoms. The molecule has 104 valence electrons. The molecule has 0 aromatic heterocycles. The molecule has 0 aromatic rings. The lowest BCUT2D eigenvalue weighted by atomic mass is 10.0. The van der Waals surface area contributed by atoms with E-state index in [0.717, 1.165) is 25.9 Å². The van der Waals surface area contributed by atoms with Crippen LogP contribution < -0.4 is 5.32 Å². The van der Waals surface area contributed by atoms with Gasteiger partial charge in [0.2, 0.25) is 0 Å². The second kappa shape index (κ2) is 6.61. The van der Waals surface area contributed by atoms with Gasteiger partial charge in [-0.05, 0) is 26.7 Å². The number of aliphatic carboxylic acids is 1. The fraction of sp³-hybridized carbons (Fsp3) is 0.846. The molecule has 1 fully saturated rings. The second-order valence-electron chi connectivity index (χ2n) is 5.64. The summed E-state index contributed by atoms with van der Waals surface area (Å²) >= 11 is 0. The van der Waals surface area contributed by atoms with E-state index in [4.69, 9.17) is 5.11 Å². The minimum Gasteiger partial charge on any atom is -0.481 e. The van der Waals surface area contributed by atoms with E-state index in [1.165, 1.54) is 19.3 Å². The molecule has 1 aliphatic rings. The predicted octanol–water partition coefficient (Wildman–Crippen LogP) is 2.22. The zero-order valence-corrected chi connectivity index (χ0v) is 11.4. The Kier molecular flexibility index (Phi) is 5.44. The standard InChI is InChI=1S/C13H24N2O3/c1-13(2,10-11(16)17)14-12(18)15-8-6-4-3-5-7-9-15/h3-10H2,1-2H3,(H,14,18)(H,16,17). The van der Waals surface area contributed by atoms with E-state index in [9.17, 15) is 9.59 Å². The van der Waals surface area contributed by atoms with Gasteiger partial charge >= 0.3 is 12.0 Å². The number of urea groups is 1. The average Bonchev–Trinajstić information content (AvgIpc) is 2.12. The Labute approximate surface area is 109 Å². The smallest absolute Gasteiger partial charge is 0.317 e. The first-order valence-electron chi connectivity index (χ1n) is 6.70. The number of hydrogen-bond acceptors (Lipinski definition) is 2. The molecule has 0 radical (unpaired) electrons. The van der Waals surface area contributed by atoms with Crippen molar-refractivity contribution < 1.29 is 14.7 Å². The summed E-state index contributed by atoms with van der Waals surface area (Å²) in [4.78, 5) is 24.6. The lowest BCUT2D eigenvalue weighted by Gasteiger charge is -2.31. The van der Waals surface area contributed by atoms with Crippen molar-refractivity contribution in [3.05, 3.63) is 0 Å². The van der Waals surface area contributed by atoms with E-state index in [2.05, 4.69) is 5.32 Å². The summed E-state index contributed by atoms with van der Waals surface area (Å²) in [7, 11) is 0. The third-order valence-electron chi connectivity index (χ3n) is 3.18. The van der Waals surface area contributed by atoms with Gasteiger partial charge in [0.15, 0.2) is 0 Å². The van der Waals surface area contributed by atoms with Crippen LogP contribution in [0.1, 0.15) is 52.4 Å². The van der Waals surface area contributed by atoms with Crippen LogP contribution in [0, 0.1) is 0 Å². The Hall–Kier alpha value is -1.26. The van der Waals surface area contributed by atoms with Crippen LogP contribution in [0.15, 0.2) is 0 Å². The molecule has 1 rings (SSSR count). The number of carbonyl (C=O) groups is 2. The van der Waals surface area contributed by atoms with E-state index in [-0.39, 0.29) is 12.5 Å². The van der Waals surface area contributed by atoms with Gasteiger partial charge in [-0.15, -0.1) is 0 Å². The summed E-state index contributed by atoms with van der Waals surface area (Å²) in [6, 6.07) is -0.136. The zero-order valence-electron chi connectivity index (χ0n) is 11.4. The van der Waals surface area contributed by atoms with Crippen LogP contribution in [-0.4, -0.2) is 40.6 Å². The van der Waals surface area contributed by atoms with Crippen molar-refractivity contribution in [2.45, 2.75) is 57.9 Å². The molecule has 0 saturated carbocycles. The molecule has 0 unspecified atom stereocenters. The van der Waals surface area contributed by atoms with E-state index in [1.807, 2.05) is 4.90 Å². The highest BCUT2D eigenvalue weighted by Crippen LogP contribution is 2.13. The third kappa shape index (κ3) is 5.38. The van der Waals surface area contributed by atoms with Gasteiger partial charge in [-0.2, -0.15) is 0 Å². The Balaban J connectivity index is 2.49. The highest BCUT2D eigenvalue weighted by atomic mass is 16.4. The molecule has 0 aromatic carbocycles. The molecule has 5 heteroatoms. The normalized spacial score (nSPS) is 17.8. The molecule has 0 atom stereocenters. The van der Waals surface area contributed by atoms with Crippen molar-refractivity contribution >= 4 is 12.0 Å². The SMILES string of the molecule is CC(C)(CC(=O)O)NC(=O)N1CCCCCCC1. The van der Waals surface area contributed by atoms with Crippen molar-refractivity contribution in [2.75, 3.05) is 13.1 Å². The summed E-state index contributed by atoms with van der Waals surface area (Å²) < 4.78 is 0. The van der Waals surface area contributed by atoms with Gasteiger partial charge in [0.25, 0.3) is 0 Å². The van der Waals surface area contributed by atoms with E-state index in [0.29, 0.717) is 0 Å².